The van der Waals surface area contributed by atoms with Gasteiger partial charge in [-0.3, -0.25) is 15.1 Å². The van der Waals surface area contributed by atoms with Crippen LogP contribution in [0.5, 0.6) is 0 Å². The van der Waals surface area contributed by atoms with E-state index in [1.807, 2.05) is 66.8 Å². The summed E-state index contributed by atoms with van der Waals surface area (Å²) in [5, 5.41) is 17.8. The van der Waals surface area contributed by atoms with Crippen molar-refractivity contribution in [2.75, 3.05) is 19.0 Å². The number of thiazole rings is 1. The first kappa shape index (κ1) is 21.1. The van der Waals surface area contributed by atoms with Gasteiger partial charge in [-0.05, 0) is 29.8 Å². The Morgan fingerprint density at radius 1 is 1.12 bits per heavy atom. The topological polar surface area (TPSA) is 88.9 Å². The first-order chi connectivity index (χ1) is 15.5. The van der Waals surface area contributed by atoms with Gasteiger partial charge in [0.2, 0.25) is 4.80 Å². The van der Waals surface area contributed by atoms with E-state index in [0.717, 1.165) is 11.3 Å². The molecule has 0 saturated carbocycles. The van der Waals surface area contributed by atoms with E-state index < -0.39 is 4.92 Å². The number of non-ortho nitro benzene ring substituents is 1. The predicted octanol–water partition coefficient (Wildman–Crippen LogP) is 4.70. The van der Waals surface area contributed by atoms with Gasteiger partial charge in [0.1, 0.15) is 0 Å². The van der Waals surface area contributed by atoms with Gasteiger partial charge in [0.25, 0.3) is 5.69 Å². The number of anilines is 1. The fourth-order valence-corrected chi connectivity index (χ4v) is 3.84. The lowest BCUT2D eigenvalue weighted by atomic mass is 10.1. The van der Waals surface area contributed by atoms with E-state index in [0.29, 0.717) is 21.7 Å². The molecule has 2 heterocycles. The largest absolute Gasteiger partial charge is 0.378 e. The van der Waals surface area contributed by atoms with Crippen molar-refractivity contribution in [3.8, 4) is 11.3 Å². The smallest absolute Gasteiger partial charge is 0.270 e. The van der Waals surface area contributed by atoms with Crippen LogP contribution in [0, 0.1) is 10.1 Å². The van der Waals surface area contributed by atoms with Crippen LogP contribution >= 0.6 is 11.3 Å². The molecule has 8 nitrogen and oxygen atoms in total. The lowest BCUT2D eigenvalue weighted by molar-refractivity contribution is -0.384. The van der Waals surface area contributed by atoms with Crippen molar-refractivity contribution in [3.05, 3.63) is 98.9 Å². The highest BCUT2D eigenvalue weighted by molar-refractivity contribution is 7.07. The number of nitrogens with zero attached hydrogens (tertiary/aromatic N) is 6. The second-order valence-corrected chi connectivity index (χ2v) is 7.91. The van der Waals surface area contributed by atoms with Crippen LogP contribution in [0.1, 0.15) is 5.56 Å². The van der Waals surface area contributed by atoms with Gasteiger partial charge in [-0.25, -0.2) is 9.67 Å². The summed E-state index contributed by atoms with van der Waals surface area (Å²) in [6, 6.07) is 18.2. The molecule has 0 radical (unpaired) electrons. The number of benzene rings is 2. The maximum Gasteiger partial charge on any atom is 0.270 e. The van der Waals surface area contributed by atoms with Gasteiger partial charge in [0.15, 0.2) is 0 Å². The summed E-state index contributed by atoms with van der Waals surface area (Å²) in [4.78, 5) is 22.3. The quantitative estimate of drug-likeness (QED) is 0.245. The Kier molecular flexibility index (Phi) is 6.18. The minimum atomic E-state index is -0.406. The van der Waals surface area contributed by atoms with Gasteiger partial charge in [-0.15, -0.1) is 11.3 Å². The van der Waals surface area contributed by atoms with Crippen LogP contribution in [0.25, 0.3) is 11.3 Å². The number of rotatable bonds is 6. The molecule has 0 aliphatic carbocycles. The number of hydrogen-bond donors (Lipinski definition) is 0. The second kappa shape index (κ2) is 9.36. The average Bonchev–Trinajstić information content (AvgIpc) is 3.21. The molecule has 160 valence electrons. The Hall–Kier alpha value is -4.11. The van der Waals surface area contributed by atoms with E-state index >= 15 is 0 Å². The molecule has 0 saturated heterocycles. The molecule has 0 aliphatic rings. The molecule has 4 aromatic rings. The van der Waals surface area contributed by atoms with Crippen molar-refractivity contribution in [1.82, 2.24) is 9.66 Å². The van der Waals surface area contributed by atoms with Crippen LogP contribution in [0.3, 0.4) is 0 Å². The standard InChI is InChI=1S/C23H20N6O2S/c1-27(2)20-10-8-17(9-11-20)14-25-28-22(18-5-3-7-21(13-18)29(30)31)16-32-23(28)26-19-6-4-12-24-15-19/h3-16H,1-2H3. The molecule has 0 unspecified atom stereocenters. The SMILES string of the molecule is CN(C)c1ccc(C=Nn2c(-c3cccc([N+](=O)[O-])c3)csc2=Nc2cccnc2)cc1. The van der Waals surface area contributed by atoms with Gasteiger partial charge in [-0.2, -0.15) is 5.10 Å². The summed E-state index contributed by atoms with van der Waals surface area (Å²) in [5.74, 6) is 0. The monoisotopic (exact) mass is 444 g/mol. The zero-order chi connectivity index (χ0) is 22.5. The molecule has 9 heteroatoms. The van der Waals surface area contributed by atoms with E-state index in [1.165, 1.54) is 23.5 Å². The zero-order valence-corrected chi connectivity index (χ0v) is 18.3. The molecule has 32 heavy (non-hydrogen) atoms. The van der Waals surface area contributed by atoms with Gasteiger partial charge in [-0.1, -0.05) is 24.3 Å². The molecule has 0 spiro atoms. The number of pyridine rings is 1. The molecule has 0 bridgehead atoms. The highest BCUT2D eigenvalue weighted by Crippen LogP contribution is 2.25. The lowest BCUT2D eigenvalue weighted by Crippen LogP contribution is -2.11. The van der Waals surface area contributed by atoms with E-state index in [2.05, 4.69) is 15.1 Å². The molecule has 0 N–H and O–H groups in total. The molecule has 2 aromatic heterocycles. The number of hydrogen-bond acceptors (Lipinski definition) is 7. The molecule has 0 atom stereocenters. The van der Waals surface area contributed by atoms with Crippen LogP contribution in [0.4, 0.5) is 17.1 Å². The number of aromatic nitrogens is 2. The third-order valence-corrected chi connectivity index (χ3v) is 5.46. The molecule has 2 aromatic carbocycles. The van der Waals surface area contributed by atoms with Crippen molar-refractivity contribution < 1.29 is 4.92 Å². The minimum Gasteiger partial charge on any atom is -0.378 e. The Bertz CT molecular complexity index is 1320. The van der Waals surface area contributed by atoms with Crippen molar-refractivity contribution >= 4 is 34.6 Å². The van der Waals surface area contributed by atoms with Crippen molar-refractivity contribution in [2.45, 2.75) is 0 Å². The number of nitro benzene ring substituents is 1. The van der Waals surface area contributed by atoms with Gasteiger partial charge in [0.05, 0.1) is 28.7 Å². The molecule has 0 amide bonds. The Morgan fingerprint density at radius 3 is 2.62 bits per heavy atom. The number of nitro groups is 1. The van der Waals surface area contributed by atoms with Crippen LogP contribution in [-0.4, -0.2) is 34.9 Å². The normalized spacial score (nSPS) is 11.8. The maximum absolute atomic E-state index is 11.2. The summed E-state index contributed by atoms with van der Waals surface area (Å²) < 4.78 is 1.69. The Morgan fingerprint density at radius 2 is 1.94 bits per heavy atom. The van der Waals surface area contributed by atoms with Gasteiger partial charge in [0, 0.05) is 49.1 Å². The minimum absolute atomic E-state index is 0.0225. The van der Waals surface area contributed by atoms with Crippen LogP contribution in [0.15, 0.2) is 88.5 Å². The van der Waals surface area contributed by atoms with Crippen molar-refractivity contribution in [1.29, 1.82) is 0 Å². The Labute approximate surface area is 188 Å². The maximum atomic E-state index is 11.2. The van der Waals surface area contributed by atoms with Crippen molar-refractivity contribution in [2.24, 2.45) is 10.1 Å². The third-order valence-electron chi connectivity index (χ3n) is 4.64. The van der Waals surface area contributed by atoms with E-state index in [-0.39, 0.29) is 5.69 Å². The lowest BCUT2D eigenvalue weighted by Gasteiger charge is -2.11. The predicted molar refractivity (Wildman–Crippen MR) is 128 cm³/mol. The molecule has 0 aliphatic heterocycles. The molecule has 0 fully saturated rings. The highest BCUT2D eigenvalue weighted by atomic mass is 32.1. The van der Waals surface area contributed by atoms with Crippen molar-refractivity contribution in [3.63, 3.8) is 0 Å². The van der Waals surface area contributed by atoms with Crippen LogP contribution in [-0.2, 0) is 0 Å². The third kappa shape index (κ3) is 4.79. The van der Waals surface area contributed by atoms with E-state index in [4.69, 9.17) is 0 Å². The molecule has 4 rings (SSSR count). The molecular formula is C23H20N6O2S. The Balaban J connectivity index is 1.80. The van der Waals surface area contributed by atoms with Crippen LogP contribution < -0.4 is 9.70 Å². The summed E-state index contributed by atoms with van der Waals surface area (Å²) in [5.41, 5.74) is 4.13. The summed E-state index contributed by atoms with van der Waals surface area (Å²) >= 11 is 1.40. The average molecular weight is 445 g/mol. The highest BCUT2D eigenvalue weighted by Gasteiger charge is 2.12. The fourth-order valence-electron chi connectivity index (χ4n) is 2.98. The zero-order valence-electron chi connectivity index (χ0n) is 17.5. The second-order valence-electron chi connectivity index (χ2n) is 7.08. The van der Waals surface area contributed by atoms with E-state index in [9.17, 15) is 10.1 Å². The van der Waals surface area contributed by atoms with Gasteiger partial charge >= 0.3 is 0 Å². The van der Waals surface area contributed by atoms with Gasteiger partial charge < -0.3 is 4.90 Å². The first-order valence-electron chi connectivity index (χ1n) is 9.73. The summed E-state index contributed by atoms with van der Waals surface area (Å²) in [6.07, 6.45) is 5.10. The first-order valence-corrected chi connectivity index (χ1v) is 10.6. The van der Waals surface area contributed by atoms with Crippen LogP contribution in [0.2, 0.25) is 0 Å². The molecular weight excluding hydrogens is 424 g/mol. The summed E-state index contributed by atoms with van der Waals surface area (Å²) in [6.45, 7) is 0. The fraction of sp³-hybridized carbons (Fsp3) is 0.0870. The summed E-state index contributed by atoms with van der Waals surface area (Å²) in [7, 11) is 3.98. The van der Waals surface area contributed by atoms with E-state index in [1.54, 1.807) is 29.4 Å².